The van der Waals surface area contributed by atoms with Crippen LogP contribution in [0.1, 0.15) is 39.1 Å². The van der Waals surface area contributed by atoms with E-state index in [0.29, 0.717) is 12.2 Å². The van der Waals surface area contributed by atoms with E-state index in [4.69, 9.17) is 21.1 Å². The van der Waals surface area contributed by atoms with E-state index in [2.05, 4.69) is 78.6 Å². The van der Waals surface area contributed by atoms with E-state index < -0.39 is 0 Å². The first-order valence-electron chi connectivity index (χ1n) is 13.8. The van der Waals surface area contributed by atoms with Crippen LogP contribution < -0.4 is 10.2 Å². The highest BCUT2D eigenvalue weighted by atomic mass is 35.5. The number of halogens is 1. The molecule has 4 aromatic rings. The standard InChI is InChI=1S/C15H21N3O.C9H9ClN2.C6H13NO/c1-10-7-13-14(5-6-16-15(13)17(10)4)18-8-11(2)19-12(3)9-18;1-6-5-7-8(10)3-4-11-9(7)12(6)2;1-5-3-7-4-6(2)8-5/h5-7,11-12H,8-9H2,1-4H3;3-5H,1-2H3;5-7H,3-4H2,1-2H3/t11-,12+;;5-,6+. The first kappa shape index (κ1) is 29.3. The lowest BCUT2D eigenvalue weighted by atomic mass is 10.2. The highest BCUT2D eigenvalue weighted by Gasteiger charge is 2.24. The first-order valence-corrected chi connectivity index (χ1v) is 14.2. The molecule has 2 saturated heterocycles. The van der Waals surface area contributed by atoms with Crippen molar-refractivity contribution in [3.05, 3.63) is 53.1 Å². The van der Waals surface area contributed by atoms with E-state index in [-0.39, 0.29) is 12.2 Å². The van der Waals surface area contributed by atoms with Gasteiger partial charge in [-0.15, -0.1) is 0 Å². The summed E-state index contributed by atoms with van der Waals surface area (Å²) in [5, 5.41) is 6.29. The van der Waals surface area contributed by atoms with Crippen LogP contribution >= 0.6 is 11.6 Å². The van der Waals surface area contributed by atoms with E-state index >= 15 is 0 Å². The molecule has 4 atom stereocenters. The van der Waals surface area contributed by atoms with Gasteiger partial charge in [0.2, 0.25) is 0 Å². The number of rotatable bonds is 1. The molecule has 2 aliphatic heterocycles. The fourth-order valence-electron chi connectivity index (χ4n) is 5.28. The summed E-state index contributed by atoms with van der Waals surface area (Å²) in [6.45, 7) is 16.5. The molecule has 6 rings (SSSR count). The summed E-state index contributed by atoms with van der Waals surface area (Å²) in [5.74, 6) is 0. The molecule has 0 radical (unpaired) electrons. The van der Waals surface area contributed by atoms with Gasteiger partial charge in [-0.25, -0.2) is 9.97 Å². The molecule has 4 aromatic heterocycles. The van der Waals surface area contributed by atoms with Gasteiger partial charge in [-0.3, -0.25) is 0 Å². The van der Waals surface area contributed by atoms with Crippen molar-refractivity contribution in [3.8, 4) is 0 Å². The van der Waals surface area contributed by atoms with Gasteiger partial charge < -0.3 is 28.8 Å². The third-order valence-corrected chi connectivity index (χ3v) is 7.68. The molecule has 8 nitrogen and oxygen atoms in total. The van der Waals surface area contributed by atoms with Crippen LogP contribution in [0, 0.1) is 13.8 Å². The average Bonchev–Trinajstić information content (AvgIpc) is 3.34. The van der Waals surface area contributed by atoms with Gasteiger partial charge in [0, 0.05) is 80.5 Å². The number of aromatic nitrogens is 4. The number of fused-ring (bicyclic) bond motifs is 2. The minimum Gasteiger partial charge on any atom is -0.373 e. The minimum atomic E-state index is 0.275. The van der Waals surface area contributed by atoms with Gasteiger partial charge in [-0.1, -0.05) is 11.6 Å². The summed E-state index contributed by atoms with van der Waals surface area (Å²) in [7, 11) is 4.06. The van der Waals surface area contributed by atoms with E-state index in [9.17, 15) is 0 Å². The van der Waals surface area contributed by atoms with Crippen LogP contribution in [0.4, 0.5) is 5.69 Å². The Kier molecular flexibility index (Phi) is 9.54. The van der Waals surface area contributed by atoms with E-state index in [1.165, 1.54) is 22.5 Å². The zero-order valence-electron chi connectivity index (χ0n) is 24.5. The van der Waals surface area contributed by atoms with Gasteiger partial charge in [0.05, 0.1) is 29.4 Å². The maximum atomic E-state index is 5.99. The molecule has 0 bridgehead atoms. The van der Waals surface area contributed by atoms with Crippen molar-refractivity contribution < 1.29 is 9.47 Å². The molecule has 39 heavy (non-hydrogen) atoms. The molecule has 0 saturated carbocycles. The Hall–Kier alpha value is -2.65. The Morgan fingerprint density at radius 1 is 0.769 bits per heavy atom. The molecule has 0 unspecified atom stereocenters. The van der Waals surface area contributed by atoms with Crippen LogP contribution in [0.25, 0.3) is 22.1 Å². The van der Waals surface area contributed by atoms with Crippen LogP contribution in [-0.4, -0.2) is 69.7 Å². The summed E-state index contributed by atoms with van der Waals surface area (Å²) in [4.78, 5) is 11.2. The molecule has 0 amide bonds. The largest absolute Gasteiger partial charge is 0.373 e. The number of ether oxygens (including phenoxy) is 2. The summed E-state index contributed by atoms with van der Waals surface area (Å²) >= 11 is 5.99. The van der Waals surface area contributed by atoms with E-state index in [1.54, 1.807) is 6.20 Å². The van der Waals surface area contributed by atoms with Gasteiger partial charge in [-0.2, -0.15) is 0 Å². The molecule has 0 aromatic carbocycles. The number of pyridine rings is 2. The van der Waals surface area contributed by atoms with Gasteiger partial charge in [0.15, 0.2) is 0 Å². The number of aryl methyl sites for hydroxylation is 4. The summed E-state index contributed by atoms with van der Waals surface area (Å²) in [6.07, 6.45) is 4.98. The molecule has 2 aliphatic rings. The van der Waals surface area contributed by atoms with Crippen molar-refractivity contribution >= 4 is 39.4 Å². The lowest BCUT2D eigenvalue weighted by molar-refractivity contribution is -0.0166. The molecule has 0 aliphatic carbocycles. The fourth-order valence-corrected chi connectivity index (χ4v) is 5.47. The van der Waals surface area contributed by atoms with Crippen molar-refractivity contribution in [2.45, 2.75) is 66.0 Å². The quantitative estimate of drug-likeness (QED) is 0.339. The lowest BCUT2D eigenvalue weighted by Gasteiger charge is -2.37. The Balaban J connectivity index is 0.000000150. The fraction of sp³-hybridized carbons (Fsp3) is 0.533. The second-order valence-electron chi connectivity index (χ2n) is 10.9. The number of morpholine rings is 2. The smallest absolute Gasteiger partial charge is 0.141 e. The number of nitrogens with zero attached hydrogens (tertiary/aromatic N) is 5. The predicted octanol–water partition coefficient (Wildman–Crippen LogP) is 5.41. The van der Waals surface area contributed by atoms with Crippen molar-refractivity contribution in [1.29, 1.82) is 0 Å². The molecule has 6 heterocycles. The number of hydrogen-bond acceptors (Lipinski definition) is 6. The van der Waals surface area contributed by atoms with Gasteiger partial charge >= 0.3 is 0 Å². The second-order valence-corrected chi connectivity index (χ2v) is 11.3. The van der Waals surface area contributed by atoms with Crippen LogP contribution in [0.2, 0.25) is 5.02 Å². The van der Waals surface area contributed by atoms with Crippen molar-refractivity contribution in [2.24, 2.45) is 14.1 Å². The monoisotopic (exact) mass is 554 g/mol. The third kappa shape index (κ3) is 6.92. The SMILES string of the molecule is C[C@@H]1CNC[C@H](C)O1.Cc1cc2c(Cl)ccnc2n1C.Cc1cc2c(N3C[C@@H](C)O[C@@H](C)C3)ccnc2n1C. The molecule has 9 heteroatoms. The topological polar surface area (TPSA) is 69.4 Å². The highest BCUT2D eigenvalue weighted by molar-refractivity contribution is 6.35. The zero-order chi connectivity index (χ0) is 28.3. The summed E-state index contributed by atoms with van der Waals surface area (Å²) < 4.78 is 15.4. The molecule has 212 valence electrons. The van der Waals surface area contributed by atoms with Crippen LogP contribution in [-0.2, 0) is 23.6 Å². The average molecular weight is 555 g/mol. The molecule has 2 fully saturated rings. The van der Waals surface area contributed by atoms with Gasteiger partial charge in [-0.05, 0) is 65.8 Å². The second kappa shape index (κ2) is 12.7. The van der Waals surface area contributed by atoms with Crippen LogP contribution in [0.5, 0.6) is 0 Å². The molecule has 1 N–H and O–H groups in total. The Morgan fingerprint density at radius 2 is 1.26 bits per heavy atom. The molecule has 0 spiro atoms. The minimum absolute atomic E-state index is 0.275. The number of hydrogen-bond donors (Lipinski definition) is 1. The predicted molar refractivity (Wildman–Crippen MR) is 161 cm³/mol. The first-order chi connectivity index (χ1) is 18.5. The lowest BCUT2D eigenvalue weighted by Crippen LogP contribution is -2.45. The molecular formula is C30H43ClN6O2. The van der Waals surface area contributed by atoms with E-state index in [1.807, 2.05) is 36.9 Å². The van der Waals surface area contributed by atoms with Crippen molar-refractivity contribution in [2.75, 3.05) is 31.1 Å². The summed E-state index contributed by atoms with van der Waals surface area (Å²) in [6, 6.07) is 8.20. The van der Waals surface area contributed by atoms with Crippen molar-refractivity contribution in [1.82, 2.24) is 24.4 Å². The third-order valence-electron chi connectivity index (χ3n) is 7.35. The van der Waals surface area contributed by atoms with E-state index in [0.717, 1.165) is 47.9 Å². The van der Waals surface area contributed by atoms with Crippen LogP contribution in [0.15, 0.2) is 36.7 Å². The van der Waals surface area contributed by atoms with Crippen molar-refractivity contribution in [3.63, 3.8) is 0 Å². The van der Waals surface area contributed by atoms with Gasteiger partial charge in [0.1, 0.15) is 11.3 Å². The van der Waals surface area contributed by atoms with Crippen LogP contribution in [0.3, 0.4) is 0 Å². The Bertz CT molecular complexity index is 1380. The maximum absolute atomic E-state index is 5.99. The number of nitrogens with one attached hydrogen (secondary N) is 1. The Labute approximate surface area is 237 Å². The van der Waals surface area contributed by atoms with Gasteiger partial charge in [0.25, 0.3) is 0 Å². The Morgan fingerprint density at radius 3 is 1.77 bits per heavy atom. The highest BCUT2D eigenvalue weighted by Crippen LogP contribution is 2.29. The normalized spacial score (nSPS) is 23.3. The number of anilines is 1. The molecular weight excluding hydrogens is 512 g/mol. The zero-order valence-corrected chi connectivity index (χ0v) is 25.3. The summed E-state index contributed by atoms with van der Waals surface area (Å²) in [5.41, 5.74) is 5.69. The maximum Gasteiger partial charge on any atom is 0.141 e.